The summed E-state index contributed by atoms with van der Waals surface area (Å²) in [7, 11) is -3.30. The third-order valence-corrected chi connectivity index (χ3v) is 5.52. The number of nitrogens with one attached hydrogen (secondary N) is 1. The van der Waals surface area contributed by atoms with Gasteiger partial charge >= 0.3 is 0 Å². The van der Waals surface area contributed by atoms with E-state index in [0.717, 1.165) is 30.4 Å². The van der Waals surface area contributed by atoms with Crippen LogP contribution in [0.1, 0.15) is 44.2 Å². The second-order valence-electron chi connectivity index (χ2n) is 6.33. The first kappa shape index (κ1) is 15.5. The van der Waals surface area contributed by atoms with Gasteiger partial charge in [0.15, 0.2) is 0 Å². The van der Waals surface area contributed by atoms with Crippen LogP contribution < -0.4 is 10.5 Å². The second kappa shape index (κ2) is 5.84. The molecule has 0 spiro atoms. The zero-order valence-electron chi connectivity index (χ0n) is 12.2. The number of hydrogen-bond acceptors (Lipinski definition) is 3. The zero-order chi connectivity index (χ0) is 14.8. The van der Waals surface area contributed by atoms with Gasteiger partial charge in [0.25, 0.3) is 0 Å². The van der Waals surface area contributed by atoms with E-state index in [1.165, 1.54) is 0 Å². The maximum atomic E-state index is 12.3. The van der Waals surface area contributed by atoms with Crippen molar-refractivity contribution in [2.45, 2.75) is 51.4 Å². The minimum absolute atomic E-state index is 0.0212. The molecule has 1 saturated carbocycles. The van der Waals surface area contributed by atoms with Crippen molar-refractivity contribution in [3.63, 3.8) is 0 Å². The molecule has 0 heterocycles. The molecule has 0 bridgehead atoms. The quantitative estimate of drug-likeness (QED) is 0.874. The summed E-state index contributed by atoms with van der Waals surface area (Å²) in [5.41, 5.74) is 7.38. The highest BCUT2D eigenvalue weighted by atomic mass is 32.2. The Kier molecular flexibility index (Phi) is 4.52. The minimum Gasteiger partial charge on any atom is -0.326 e. The first-order chi connectivity index (χ1) is 9.32. The third kappa shape index (κ3) is 3.81. The van der Waals surface area contributed by atoms with Crippen LogP contribution in [0, 0.1) is 5.41 Å². The number of benzene rings is 1. The Balaban J connectivity index is 2.07. The maximum Gasteiger partial charge on any atom is 0.216 e. The summed E-state index contributed by atoms with van der Waals surface area (Å²) in [6.07, 6.45) is 3.08. The Labute approximate surface area is 121 Å². The molecule has 1 aliphatic rings. The minimum atomic E-state index is -3.30. The lowest BCUT2D eigenvalue weighted by Crippen LogP contribution is -2.41. The van der Waals surface area contributed by atoms with Crippen LogP contribution in [-0.4, -0.2) is 14.5 Å². The van der Waals surface area contributed by atoms with E-state index in [4.69, 9.17) is 5.73 Å². The van der Waals surface area contributed by atoms with Crippen LogP contribution in [0.4, 0.5) is 0 Å². The Bertz CT molecular complexity index is 567. The van der Waals surface area contributed by atoms with Crippen molar-refractivity contribution in [2.24, 2.45) is 11.1 Å². The molecule has 1 aromatic rings. The van der Waals surface area contributed by atoms with Crippen molar-refractivity contribution >= 4 is 10.0 Å². The Morgan fingerprint density at radius 2 is 2.05 bits per heavy atom. The summed E-state index contributed by atoms with van der Waals surface area (Å²) < 4.78 is 27.5. The molecule has 0 aromatic heterocycles. The van der Waals surface area contributed by atoms with Gasteiger partial charge in [0.05, 0.1) is 5.75 Å². The summed E-state index contributed by atoms with van der Waals surface area (Å²) in [4.78, 5) is 0. The summed E-state index contributed by atoms with van der Waals surface area (Å²) in [6, 6.07) is 7.50. The van der Waals surface area contributed by atoms with Gasteiger partial charge < -0.3 is 5.73 Å². The van der Waals surface area contributed by atoms with E-state index in [1.54, 1.807) is 0 Å². The van der Waals surface area contributed by atoms with E-state index in [2.05, 4.69) is 18.6 Å². The first-order valence-corrected chi connectivity index (χ1v) is 8.75. The molecule has 1 unspecified atom stereocenters. The van der Waals surface area contributed by atoms with Crippen LogP contribution in [0.15, 0.2) is 24.3 Å². The fourth-order valence-corrected chi connectivity index (χ4v) is 4.44. The van der Waals surface area contributed by atoms with Gasteiger partial charge in [-0.15, -0.1) is 0 Å². The van der Waals surface area contributed by atoms with Crippen molar-refractivity contribution in [1.29, 1.82) is 0 Å². The monoisotopic (exact) mass is 296 g/mol. The highest BCUT2D eigenvalue weighted by Crippen LogP contribution is 2.37. The predicted molar refractivity (Wildman–Crippen MR) is 81.5 cm³/mol. The summed E-state index contributed by atoms with van der Waals surface area (Å²) in [5, 5.41) is 0. The molecule has 1 fully saturated rings. The number of rotatable bonds is 5. The Morgan fingerprint density at radius 3 is 2.65 bits per heavy atom. The van der Waals surface area contributed by atoms with Gasteiger partial charge in [-0.3, -0.25) is 0 Å². The lowest BCUT2D eigenvalue weighted by atomic mass is 9.88. The first-order valence-electron chi connectivity index (χ1n) is 7.10. The highest BCUT2D eigenvalue weighted by molar-refractivity contribution is 7.88. The number of sulfonamides is 1. The molecule has 0 aliphatic heterocycles. The van der Waals surface area contributed by atoms with Crippen LogP contribution >= 0.6 is 0 Å². The average Bonchev–Trinajstić information content (AvgIpc) is 2.67. The number of hydrogen-bond donors (Lipinski definition) is 2. The number of nitrogens with two attached hydrogens (primary N) is 1. The Morgan fingerprint density at radius 1 is 1.35 bits per heavy atom. The molecular formula is C15H24N2O2S. The summed E-state index contributed by atoms with van der Waals surface area (Å²) in [6.45, 7) is 4.68. The van der Waals surface area contributed by atoms with Gasteiger partial charge in [-0.05, 0) is 29.4 Å². The summed E-state index contributed by atoms with van der Waals surface area (Å²) >= 11 is 0. The standard InChI is InChI=1S/C15H24N2O2S/c1-15(2)8-4-7-14(15)17-20(18,19)11-13-6-3-5-12(9-13)10-16/h3,5-6,9,14,17H,4,7-8,10-11,16H2,1-2H3. The SMILES string of the molecule is CC1(C)CCCC1NS(=O)(=O)Cc1cccc(CN)c1. The van der Waals surface area contributed by atoms with E-state index < -0.39 is 10.0 Å². The van der Waals surface area contributed by atoms with Crippen LogP contribution in [-0.2, 0) is 22.3 Å². The smallest absolute Gasteiger partial charge is 0.216 e. The normalized spacial score (nSPS) is 22.1. The van der Waals surface area contributed by atoms with E-state index >= 15 is 0 Å². The van der Waals surface area contributed by atoms with E-state index in [9.17, 15) is 8.42 Å². The van der Waals surface area contributed by atoms with Gasteiger partial charge in [0, 0.05) is 12.6 Å². The molecule has 2 rings (SSSR count). The van der Waals surface area contributed by atoms with Crippen LogP contribution in [0.3, 0.4) is 0 Å². The lowest BCUT2D eigenvalue weighted by Gasteiger charge is -2.27. The molecule has 1 aromatic carbocycles. The molecule has 0 radical (unpaired) electrons. The molecule has 3 N–H and O–H groups in total. The predicted octanol–water partition coefficient (Wildman–Crippen LogP) is 2.14. The van der Waals surface area contributed by atoms with Gasteiger partial charge in [-0.1, -0.05) is 44.5 Å². The molecule has 5 heteroatoms. The van der Waals surface area contributed by atoms with Crippen molar-refractivity contribution < 1.29 is 8.42 Å². The topological polar surface area (TPSA) is 72.2 Å². The molecule has 20 heavy (non-hydrogen) atoms. The summed E-state index contributed by atoms with van der Waals surface area (Å²) in [5.74, 6) is 0.0212. The van der Waals surface area contributed by atoms with E-state index in [-0.39, 0.29) is 17.2 Å². The molecule has 1 aliphatic carbocycles. The van der Waals surface area contributed by atoms with Crippen LogP contribution in [0.25, 0.3) is 0 Å². The second-order valence-corrected chi connectivity index (χ2v) is 8.09. The molecule has 4 nitrogen and oxygen atoms in total. The van der Waals surface area contributed by atoms with Gasteiger partial charge in [-0.25, -0.2) is 13.1 Å². The molecule has 0 amide bonds. The van der Waals surface area contributed by atoms with Gasteiger partial charge in [0.1, 0.15) is 0 Å². The highest BCUT2D eigenvalue weighted by Gasteiger charge is 2.36. The average molecular weight is 296 g/mol. The zero-order valence-corrected chi connectivity index (χ0v) is 13.0. The maximum absolute atomic E-state index is 12.3. The molecule has 1 atom stereocenters. The Hall–Kier alpha value is -0.910. The van der Waals surface area contributed by atoms with E-state index in [1.807, 2.05) is 24.3 Å². The third-order valence-electron chi connectivity index (χ3n) is 4.16. The van der Waals surface area contributed by atoms with Crippen molar-refractivity contribution in [3.05, 3.63) is 35.4 Å². The van der Waals surface area contributed by atoms with Crippen molar-refractivity contribution in [3.8, 4) is 0 Å². The lowest BCUT2D eigenvalue weighted by molar-refractivity contribution is 0.313. The fraction of sp³-hybridized carbons (Fsp3) is 0.600. The van der Waals surface area contributed by atoms with Crippen LogP contribution in [0.2, 0.25) is 0 Å². The van der Waals surface area contributed by atoms with Crippen molar-refractivity contribution in [2.75, 3.05) is 0 Å². The largest absolute Gasteiger partial charge is 0.326 e. The van der Waals surface area contributed by atoms with Gasteiger partial charge in [0.2, 0.25) is 10.0 Å². The molecule has 112 valence electrons. The fourth-order valence-electron chi connectivity index (χ4n) is 2.87. The van der Waals surface area contributed by atoms with E-state index in [0.29, 0.717) is 6.54 Å². The van der Waals surface area contributed by atoms with Gasteiger partial charge in [-0.2, -0.15) is 0 Å². The van der Waals surface area contributed by atoms with Crippen LogP contribution in [0.5, 0.6) is 0 Å². The van der Waals surface area contributed by atoms with Crippen molar-refractivity contribution in [1.82, 2.24) is 4.72 Å². The molecular weight excluding hydrogens is 272 g/mol. The molecule has 0 saturated heterocycles.